The SMILES string of the molecule is c1cc2c3c(c1)[Se]c1c(ccc4c1c1cccc5c6ccccc6n4c51)B3c1ccc3c(c1[Se]2)c1cccc2c4ccccc4n3c21. The van der Waals surface area contributed by atoms with Crippen LogP contribution in [0.4, 0.5) is 0 Å². The van der Waals surface area contributed by atoms with Crippen LogP contribution in [0.1, 0.15) is 0 Å². The van der Waals surface area contributed by atoms with Gasteiger partial charge in [-0.15, -0.1) is 0 Å². The van der Waals surface area contributed by atoms with Crippen molar-refractivity contribution in [2.75, 3.05) is 0 Å². The maximum absolute atomic E-state index is 2.54. The second-order valence-corrected chi connectivity index (χ2v) is 17.6. The Labute approximate surface area is 281 Å². The van der Waals surface area contributed by atoms with Crippen LogP contribution in [-0.2, 0) is 0 Å². The monoisotopic (exact) mass is 724 g/mol. The van der Waals surface area contributed by atoms with E-state index in [0.717, 1.165) is 0 Å². The summed E-state index contributed by atoms with van der Waals surface area (Å²) in [7, 11) is 0. The summed E-state index contributed by atoms with van der Waals surface area (Å²) < 4.78 is 11.4. The number of nitrogens with zero attached hydrogens (tertiary/aromatic N) is 2. The summed E-state index contributed by atoms with van der Waals surface area (Å²) in [6, 6.07) is 48.8. The molecule has 0 bridgehead atoms. The Morgan fingerprint density at radius 1 is 0.383 bits per heavy atom. The second kappa shape index (κ2) is 8.20. The summed E-state index contributed by atoms with van der Waals surface area (Å²) in [5.41, 5.74) is 12.7. The summed E-state index contributed by atoms with van der Waals surface area (Å²) in [5, 5.41) is 11.2. The zero-order valence-electron chi connectivity index (χ0n) is 24.9. The first kappa shape index (κ1) is 24.4. The van der Waals surface area contributed by atoms with Gasteiger partial charge in [0.2, 0.25) is 0 Å². The van der Waals surface area contributed by atoms with Gasteiger partial charge in [0.05, 0.1) is 0 Å². The number of fused-ring (bicyclic) bond motifs is 18. The van der Waals surface area contributed by atoms with Crippen LogP contribution < -0.4 is 34.2 Å². The van der Waals surface area contributed by atoms with Crippen LogP contribution in [-0.4, -0.2) is 45.4 Å². The van der Waals surface area contributed by atoms with E-state index in [1.54, 1.807) is 23.3 Å². The number of para-hydroxylation sites is 4. The van der Waals surface area contributed by atoms with Crippen molar-refractivity contribution in [3.63, 3.8) is 0 Å². The van der Waals surface area contributed by atoms with Crippen molar-refractivity contribution in [2.45, 2.75) is 0 Å². The van der Waals surface area contributed by atoms with Gasteiger partial charge in [0, 0.05) is 0 Å². The van der Waals surface area contributed by atoms with Crippen molar-refractivity contribution in [2.24, 2.45) is 0 Å². The van der Waals surface area contributed by atoms with Crippen molar-refractivity contribution < 1.29 is 0 Å². The van der Waals surface area contributed by atoms with Crippen LogP contribution in [0.2, 0.25) is 0 Å². The number of hydrogen-bond acceptors (Lipinski definition) is 0. The molecule has 0 aliphatic carbocycles. The zero-order chi connectivity index (χ0) is 30.1. The molecule has 13 rings (SSSR count). The quantitative estimate of drug-likeness (QED) is 0.205. The number of benzene rings is 7. The Hall–Kier alpha value is -4.76. The third kappa shape index (κ3) is 2.70. The van der Waals surface area contributed by atoms with Gasteiger partial charge < -0.3 is 0 Å². The summed E-state index contributed by atoms with van der Waals surface area (Å²) >= 11 is 0.468. The summed E-state index contributed by atoms with van der Waals surface area (Å²) in [6.07, 6.45) is 0. The van der Waals surface area contributed by atoms with Gasteiger partial charge in [-0.3, -0.25) is 0 Å². The Balaban J connectivity index is 1.16. The normalized spacial score (nSPS) is 14.2. The molecule has 0 spiro atoms. The van der Waals surface area contributed by atoms with Gasteiger partial charge in [0.25, 0.3) is 0 Å². The molecule has 5 heteroatoms. The van der Waals surface area contributed by atoms with Gasteiger partial charge in [-0.25, -0.2) is 0 Å². The van der Waals surface area contributed by atoms with Gasteiger partial charge in [-0.1, -0.05) is 0 Å². The molecule has 47 heavy (non-hydrogen) atoms. The van der Waals surface area contributed by atoms with E-state index in [9.17, 15) is 0 Å². The molecule has 0 unspecified atom stereocenters. The molecular weight excluding hydrogens is 701 g/mol. The van der Waals surface area contributed by atoms with Crippen LogP contribution in [0.3, 0.4) is 0 Å². The van der Waals surface area contributed by atoms with E-state index < -0.39 is 0 Å². The third-order valence-corrected chi connectivity index (χ3v) is 16.2. The average molecular weight is 722 g/mol. The van der Waals surface area contributed by atoms with Crippen LogP contribution in [0.15, 0.2) is 127 Å². The molecule has 214 valence electrons. The predicted octanol–water partition coefficient (Wildman–Crippen LogP) is 4.44. The van der Waals surface area contributed by atoms with Gasteiger partial charge in [0.1, 0.15) is 0 Å². The Kier molecular flexibility index (Phi) is 4.26. The summed E-state index contributed by atoms with van der Waals surface area (Å²) in [6.45, 7) is 0.264. The van der Waals surface area contributed by atoms with E-state index in [1.165, 1.54) is 87.1 Å². The summed E-state index contributed by atoms with van der Waals surface area (Å²) in [5.74, 6) is 0. The molecule has 11 aromatic rings. The van der Waals surface area contributed by atoms with Crippen LogP contribution in [0.25, 0.3) is 76.2 Å². The van der Waals surface area contributed by atoms with Crippen molar-refractivity contribution >= 4 is 147 Å². The molecule has 0 amide bonds. The Morgan fingerprint density at radius 2 is 0.830 bits per heavy atom. The zero-order valence-corrected chi connectivity index (χ0v) is 28.3. The standard InChI is InChI=1S/C42H21BN2Se2/c1-3-14-30-22(8-1)24-10-5-12-26-36-32(44(30)39(24)26)20-18-28-41(36)46-34-16-7-17-35-38(34)43(28)29-19-21-33-37(42(29)47-35)27-13-6-11-25-23-9-2-4-15-31(23)45(33)40(25)27/h1-21H. The van der Waals surface area contributed by atoms with Gasteiger partial charge in [-0.2, -0.15) is 0 Å². The molecule has 0 radical (unpaired) electrons. The number of rotatable bonds is 0. The predicted molar refractivity (Wildman–Crippen MR) is 203 cm³/mol. The summed E-state index contributed by atoms with van der Waals surface area (Å²) in [4.78, 5) is 0. The minimum atomic E-state index is 0.234. The van der Waals surface area contributed by atoms with Crippen molar-refractivity contribution in [3.05, 3.63) is 127 Å². The van der Waals surface area contributed by atoms with Gasteiger partial charge in [-0.05, 0) is 0 Å². The Bertz CT molecular complexity index is 2990. The molecule has 0 atom stereocenters. The first-order valence-electron chi connectivity index (χ1n) is 16.2. The third-order valence-electron chi connectivity index (χ3n) is 11.1. The molecule has 2 aliphatic heterocycles. The van der Waals surface area contributed by atoms with Crippen LogP contribution >= 0.6 is 0 Å². The second-order valence-electron chi connectivity index (χ2n) is 13.2. The van der Waals surface area contributed by atoms with E-state index in [4.69, 9.17) is 0 Å². The van der Waals surface area contributed by atoms with Crippen molar-refractivity contribution in [1.82, 2.24) is 8.80 Å². The number of hydrogen-bond donors (Lipinski definition) is 0. The molecule has 4 aromatic heterocycles. The fraction of sp³-hybridized carbons (Fsp3) is 0. The van der Waals surface area contributed by atoms with E-state index in [0.29, 0.717) is 0 Å². The van der Waals surface area contributed by atoms with Gasteiger partial charge in [0.15, 0.2) is 0 Å². The maximum atomic E-state index is 2.54. The van der Waals surface area contributed by atoms with E-state index in [-0.39, 0.29) is 36.6 Å². The van der Waals surface area contributed by atoms with E-state index >= 15 is 0 Å². The Morgan fingerprint density at radius 3 is 1.36 bits per heavy atom. The molecule has 0 fully saturated rings. The van der Waals surface area contributed by atoms with Crippen LogP contribution in [0, 0.1) is 0 Å². The first-order valence-corrected chi connectivity index (χ1v) is 19.7. The van der Waals surface area contributed by atoms with Crippen molar-refractivity contribution in [3.8, 4) is 0 Å². The molecule has 0 saturated heterocycles. The minimum absolute atomic E-state index is 0.234. The topological polar surface area (TPSA) is 8.82 Å². The molecular formula is C42H21BN2Se2. The van der Waals surface area contributed by atoms with E-state index in [2.05, 4.69) is 136 Å². The van der Waals surface area contributed by atoms with Crippen LogP contribution in [0.5, 0.6) is 0 Å². The molecule has 7 aromatic carbocycles. The number of aromatic nitrogens is 2. The average Bonchev–Trinajstić information content (AvgIpc) is 3.85. The molecule has 2 aliphatic rings. The molecule has 0 saturated carbocycles. The molecule has 6 heterocycles. The molecule has 2 nitrogen and oxygen atoms in total. The van der Waals surface area contributed by atoms with Crippen molar-refractivity contribution in [1.29, 1.82) is 0 Å². The fourth-order valence-electron chi connectivity index (χ4n) is 9.37. The fourth-order valence-corrected chi connectivity index (χ4v) is 15.3. The first-order chi connectivity index (χ1) is 23.3. The van der Waals surface area contributed by atoms with Gasteiger partial charge >= 0.3 is 283 Å². The van der Waals surface area contributed by atoms with E-state index in [1.807, 2.05) is 0 Å². The molecule has 0 N–H and O–H groups in total.